The summed E-state index contributed by atoms with van der Waals surface area (Å²) in [5.41, 5.74) is 8.00. The van der Waals surface area contributed by atoms with Crippen LogP contribution in [0.4, 0.5) is 0 Å². The Kier molecular flexibility index (Phi) is 3.48. The first-order valence-electron chi connectivity index (χ1n) is 6.72. The van der Waals surface area contributed by atoms with Crippen molar-refractivity contribution in [2.75, 3.05) is 13.2 Å². The molecule has 0 aromatic heterocycles. The fraction of sp³-hybridized carbons (Fsp3) is 0.500. The lowest BCUT2D eigenvalue weighted by atomic mass is 9.89. The zero-order valence-corrected chi connectivity index (χ0v) is 11.7. The van der Waals surface area contributed by atoms with Crippen LogP contribution >= 0.6 is 11.6 Å². The molecule has 3 N–H and O–H groups in total. The maximum Gasteiger partial charge on any atom is 0.325 e. The van der Waals surface area contributed by atoms with Gasteiger partial charge in [0.25, 0.3) is 0 Å². The molecule has 2 aliphatic rings. The van der Waals surface area contributed by atoms with Crippen LogP contribution in [-0.4, -0.2) is 24.3 Å². The summed E-state index contributed by atoms with van der Waals surface area (Å²) in [5, 5.41) is 9.81. The molecule has 1 aromatic carbocycles. The molecule has 0 bridgehead atoms. The predicted octanol–water partition coefficient (Wildman–Crippen LogP) is 2.07. The van der Waals surface area contributed by atoms with Crippen molar-refractivity contribution in [2.24, 2.45) is 5.73 Å². The Morgan fingerprint density at radius 3 is 2.40 bits per heavy atom. The van der Waals surface area contributed by atoms with Gasteiger partial charge in [0, 0.05) is 16.7 Å². The lowest BCUT2D eigenvalue weighted by molar-refractivity contribution is -0.138. The molecule has 0 spiro atoms. The molecule has 108 valence electrons. The summed E-state index contributed by atoms with van der Waals surface area (Å²) in [5.74, 6) is 0.0748. The molecule has 1 unspecified atom stereocenters. The molecule has 1 aromatic rings. The largest absolute Gasteiger partial charge is 0.493 e. The molecular weight excluding hydrogens is 282 g/mol. The number of nitrogens with two attached hydrogens (primary N) is 1. The first kappa shape index (κ1) is 13.5. The van der Waals surface area contributed by atoms with Crippen molar-refractivity contribution in [1.82, 2.24) is 0 Å². The maximum atomic E-state index is 11.3. The molecule has 1 atom stereocenters. The summed E-state index contributed by atoms with van der Waals surface area (Å²) in [7, 11) is 0. The standard InChI is InChI=1S/C14H16ClNO4/c15-10-8-4-2-5-19-12(8)9(11(16)14(17)18)7-3-1-6-20-13(7)10/h11H,1-6,16H2,(H,17,18). The molecule has 5 nitrogen and oxygen atoms in total. The van der Waals surface area contributed by atoms with Crippen LogP contribution in [0.25, 0.3) is 0 Å². The van der Waals surface area contributed by atoms with Gasteiger partial charge in [-0.2, -0.15) is 0 Å². The van der Waals surface area contributed by atoms with Crippen LogP contribution in [0.15, 0.2) is 0 Å². The third kappa shape index (κ3) is 2.01. The van der Waals surface area contributed by atoms with Crippen molar-refractivity contribution in [2.45, 2.75) is 31.7 Å². The minimum Gasteiger partial charge on any atom is -0.493 e. The van der Waals surface area contributed by atoms with E-state index in [9.17, 15) is 9.90 Å². The van der Waals surface area contributed by atoms with Crippen LogP contribution in [0.2, 0.25) is 5.02 Å². The third-order valence-corrected chi connectivity index (χ3v) is 4.19. The summed E-state index contributed by atoms with van der Waals surface area (Å²) in [6.07, 6.45) is 3.14. The monoisotopic (exact) mass is 297 g/mol. The minimum absolute atomic E-state index is 0.534. The van der Waals surface area contributed by atoms with Gasteiger partial charge in [0.15, 0.2) is 0 Å². The second kappa shape index (κ2) is 5.14. The normalized spacial score (nSPS) is 18.3. The number of hydrogen-bond donors (Lipinski definition) is 2. The Hall–Kier alpha value is -1.46. The Morgan fingerprint density at radius 2 is 1.75 bits per heavy atom. The van der Waals surface area contributed by atoms with Gasteiger partial charge in [-0.05, 0) is 25.7 Å². The highest BCUT2D eigenvalue weighted by Gasteiger charge is 2.33. The quantitative estimate of drug-likeness (QED) is 0.873. The molecule has 0 aliphatic carbocycles. The van der Waals surface area contributed by atoms with Crippen molar-refractivity contribution in [1.29, 1.82) is 0 Å². The zero-order valence-electron chi connectivity index (χ0n) is 10.9. The minimum atomic E-state index is -1.12. The van der Waals surface area contributed by atoms with Crippen LogP contribution in [0.5, 0.6) is 11.5 Å². The molecule has 0 radical (unpaired) electrons. The summed E-state index contributed by atoms with van der Waals surface area (Å²) in [6, 6.07) is -1.12. The number of ether oxygens (including phenoxy) is 2. The van der Waals surface area contributed by atoms with Gasteiger partial charge >= 0.3 is 5.97 Å². The van der Waals surface area contributed by atoms with E-state index in [0.717, 1.165) is 30.4 Å². The molecule has 2 heterocycles. The number of carboxylic acids is 1. The Labute approximate surface area is 121 Å². The highest BCUT2D eigenvalue weighted by atomic mass is 35.5. The van der Waals surface area contributed by atoms with E-state index in [4.69, 9.17) is 26.8 Å². The molecule has 6 heteroatoms. The zero-order chi connectivity index (χ0) is 14.3. The summed E-state index contributed by atoms with van der Waals surface area (Å²) >= 11 is 6.41. The molecule has 0 saturated carbocycles. The first-order valence-corrected chi connectivity index (χ1v) is 7.10. The number of rotatable bonds is 2. The molecule has 2 aliphatic heterocycles. The molecule has 3 rings (SSSR count). The van der Waals surface area contributed by atoms with E-state index in [2.05, 4.69) is 0 Å². The predicted molar refractivity (Wildman–Crippen MR) is 73.6 cm³/mol. The molecule has 0 saturated heterocycles. The number of fused-ring (bicyclic) bond motifs is 2. The van der Waals surface area contributed by atoms with E-state index in [1.165, 1.54) is 0 Å². The average molecular weight is 298 g/mol. The molecule has 20 heavy (non-hydrogen) atoms. The van der Waals surface area contributed by atoms with Crippen LogP contribution < -0.4 is 15.2 Å². The molecule has 0 fully saturated rings. The smallest absolute Gasteiger partial charge is 0.325 e. The first-order chi connectivity index (χ1) is 9.61. The number of aliphatic carboxylic acids is 1. The highest BCUT2D eigenvalue weighted by Crippen LogP contribution is 2.47. The van der Waals surface area contributed by atoms with Gasteiger partial charge < -0.3 is 20.3 Å². The van der Waals surface area contributed by atoms with Crippen LogP contribution in [0.1, 0.15) is 35.6 Å². The van der Waals surface area contributed by atoms with Crippen molar-refractivity contribution in [3.8, 4) is 11.5 Å². The van der Waals surface area contributed by atoms with E-state index < -0.39 is 12.0 Å². The number of hydrogen-bond acceptors (Lipinski definition) is 4. The van der Waals surface area contributed by atoms with Crippen LogP contribution in [0, 0.1) is 0 Å². The number of halogens is 1. The van der Waals surface area contributed by atoms with E-state index in [1.807, 2.05) is 0 Å². The van der Waals surface area contributed by atoms with E-state index in [-0.39, 0.29) is 0 Å². The molecule has 0 amide bonds. The number of benzene rings is 1. The Bertz CT molecular complexity index is 536. The van der Waals surface area contributed by atoms with Gasteiger partial charge in [-0.3, -0.25) is 4.79 Å². The van der Waals surface area contributed by atoms with Gasteiger partial charge in [0.05, 0.1) is 18.2 Å². The summed E-state index contributed by atoms with van der Waals surface area (Å²) in [6.45, 7) is 1.15. The summed E-state index contributed by atoms with van der Waals surface area (Å²) in [4.78, 5) is 11.3. The van der Waals surface area contributed by atoms with Gasteiger partial charge in [0.2, 0.25) is 0 Å². The van der Waals surface area contributed by atoms with Gasteiger partial charge in [-0.15, -0.1) is 0 Å². The second-order valence-electron chi connectivity index (χ2n) is 5.06. The lowest BCUT2D eigenvalue weighted by Gasteiger charge is -2.30. The lowest BCUT2D eigenvalue weighted by Crippen LogP contribution is -2.27. The van der Waals surface area contributed by atoms with Crippen molar-refractivity contribution >= 4 is 17.6 Å². The van der Waals surface area contributed by atoms with E-state index in [0.29, 0.717) is 41.7 Å². The van der Waals surface area contributed by atoms with E-state index in [1.54, 1.807) is 0 Å². The van der Waals surface area contributed by atoms with E-state index >= 15 is 0 Å². The third-order valence-electron chi connectivity index (χ3n) is 3.79. The maximum absolute atomic E-state index is 11.3. The average Bonchev–Trinajstić information content (AvgIpc) is 2.47. The van der Waals surface area contributed by atoms with Crippen LogP contribution in [0.3, 0.4) is 0 Å². The van der Waals surface area contributed by atoms with Gasteiger partial charge in [-0.25, -0.2) is 0 Å². The highest BCUT2D eigenvalue weighted by molar-refractivity contribution is 6.33. The van der Waals surface area contributed by atoms with Crippen molar-refractivity contribution in [3.05, 3.63) is 21.7 Å². The van der Waals surface area contributed by atoms with Gasteiger partial charge in [-0.1, -0.05) is 11.6 Å². The van der Waals surface area contributed by atoms with Crippen LogP contribution in [-0.2, 0) is 17.6 Å². The Balaban J connectivity index is 2.27. The van der Waals surface area contributed by atoms with Gasteiger partial charge in [0.1, 0.15) is 17.5 Å². The Morgan fingerprint density at radius 1 is 1.15 bits per heavy atom. The SMILES string of the molecule is NC(C(=O)O)c1c2c(c(Cl)c3c1OCCC3)OCCC2. The van der Waals surface area contributed by atoms with Crippen molar-refractivity contribution < 1.29 is 19.4 Å². The number of carboxylic acid groups (broad SMARTS) is 1. The summed E-state index contributed by atoms with van der Waals surface area (Å²) < 4.78 is 11.3. The fourth-order valence-electron chi connectivity index (χ4n) is 2.88. The number of carbonyl (C=O) groups is 1. The van der Waals surface area contributed by atoms with Crippen molar-refractivity contribution in [3.63, 3.8) is 0 Å². The molecular formula is C14H16ClNO4. The topological polar surface area (TPSA) is 81.8 Å². The second-order valence-corrected chi connectivity index (χ2v) is 5.44. The fourth-order valence-corrected chi connectivity index (χ4v) is 3.23.